The Labute approximate surface area is 205 Å². The first-order valence-corrected chi connectivity index (χ1v) is 11.8. The normalized spacial score (nSPS) is 29.4. The van der Waals surface area contributed by atoms with Crippen molar-refractivity contribution < 1.29 is 18.8 Å². The van der Waals surface area contributed by atoms with Crippen LogP contribution in [0.5, 0.6) is 0 Å². The summed E-state index contributed by atoms with van der Waals surface area (Å²) in [6.07, 6.45) is 1.51. The van der Waals surface area contributed by atoms with Crippen LogP contribution in [0.2, 0.25) is 0 Å². The van der Waals surface area contributed by atoms with Gasteiger partial charge in [-0.05, 0) is 41.3 Å². The lowest BCUT2D eigenvalue weighted by Gasteiger charge is -2.54. The lowest BCUT2D eigenvalue weighted by molar-refractivity contribution is -0.147. The number of amides is 3. The second-order valence-electron chi connectivity index (χ2n) is 8.99. The minimum atomic E-state index is -1.26. The molecule has 3 atom stereocenters. The van der Waals surface area contributed by atoms with E-state index in [-0.39, 0.29) is 6.54 Å². The topological polar surface area (TPSA) is 79.6 Å². The zero-order chi connectivity index (χ0) is 23.8. The molecule has 1 N–H and O–H groups in total. The van der Waals surface area contributed by atoms with Crippen LogP contribution in [0.25, 0.3) is 0 Å². The van der Waals surface area contributed by atoms with E-state index in [1.807, 2.05) is 48.5 Å². The summed E-state index contributed by atoms with van der Waals surface area (Å²) >= 11 is 14.8. The third-order valence-electron chi connectivity index (χ3n) is 7.40. The Balaban J connectivity index is 1.44. The van der Waals surface area contributed by atoms with Gasteiger partial charge in [-0.1, -0.05) is 48.5 Å². The number of furan rings is 1. The van der Waals surface area contributed by atoms with Crippen molar-refractivity contribution >= 4 is 40.9 Å². The van der Waals surface area contributed by atoms with Gasteiger partial charge in [0.1, 0.15) is 21.6 Å². The fourth-order valence-electron chi connectivity index (χ4n) is 5.92. The number of rotatable bonds is 4. The number of nitrogens with zero attached hydrogens (tertiary/aromatic N) is 1. The van der Waals surface area contributed by atoms with Crippen LogP contribution in [-0.2, 0) is 30.7 Å². The second kappa shape index (κ2) is 7.20. The van der Waals surface area contributed by atoms with Crippen LogP contribution in [0.4, 0.5) is 0 Å². The Morgan fingerprint density at radius 2 is 1.38 bits per heavy atom. The van der Waals surface area contributed by atoms with E-state index in [0.717, 1.165) is 27.2 Å². The predicted molar refractivity (Wildman–Crippen MR) is 125 cm³/mol. The summed E-state index contributed by atoms with van der Waals surface area (Å²) < 4.78 is 5.25. The summed E-state index contributed by atoms with van der Waals surface area (Å²) in [5.74, 6) is -2.73. The highest BCUT2D eigenvalue weighted by atomic mass is 35.5. The third kappa shape index (κ3) is 2.50. The Morgan fingerprint density at radius 1 is 0.912 bits per heavy atom. The monoisotopic (exact) mass is 494 g/mol. The van der Waals surface area contributed by atoms with Crippen molar-refractivity contribution in [1.82, 2.24) is 10.2 Å². The van der Waals surface area contributed by atoms with Crippen LogP contribution in [0.3, 0.4) is 0 Å². The average molecular weight is 495 g/mol. The van der Waals surface area contributed by atoms with Crippen LogP contribution in [0.15, 0.2) is 71.3 Å². The molecule has 7 rings (SSSR count). The van der Waals surface area contributed by atoms with Crippen molar-refractivity contribution in [3.8, 4) is 0 Å². The van der Waals surface area contributed by atoms with Crippen LogP contribution >= 0.6 is 23.2 Å². The maximum Gasteiger partial charge on any atom is 0.243 e. The van der Waals surface area contributed by atoms with Gasteiger partial charge in [-0.3, -0.25) is 19.3 Å². The van der Waals surface area contributed by atoms with E-state index >= 15 is 0 Å². The molecule has 34 heavy (non-hydrogen) atoms. The molecule has 1 aromatic heterocycles. The number of nitrogens with one attached hydrogen (secondary N) is 1. The Hall–Kier alpha value is -3.09. The fourth-order valence-corrected chi connectivity index (χ4v) is 7.02. The first-order valence-electron chi connectivity index (χ1n) is 11.1. The molecular weight excluding hydrogens is 475 g/mol. The van der Waals surface area contributed by atoms with Gasteiger partial charge >= 0.3 is 0 Å². The van der Waals surface area contributed by atoms with Gasteiger partial charge in [0.15, 0.2) is 0 Å². The minimum absolute atomic E-state index is 0.148. The van der Waals surface area contributed by atoms with Crippen LogP contribution in [-0.4, -0.2) is 28.7 Å². The zero-order valence-corrected chi connectivity index (χ0v) is 19.6. The van der Waals surface area contributed by atoms with Crippen molar-refractivity contribution in [3.63, 3.8) is 0 Å². The number of hydrogen-bond donors (Lipinski definition) is 1. The van der Waals surface area contributed by atoms with Crippen LogP contribution in [0, 0.1) is 11.8 Å². The van der Waals surface area contributed by atoms with Gasteiger partial charge in [-0.2, -0.15) is 0 Å². The summed E-state index contributed by atoms with van der Waals surface area (Å²) in [7, 11) is 0. The van der Waals surface area contributed by atoms with Crippen LogP contribution in [0.1, 0.15) is 34.9 Å². The van der Waals surface area contributed by atoms with Crippen molar-refractivity contribution in [2.45, 2.75) is 29.3 Å². The van der Waals surface area contributed by atoms with E-state index in [4.69, 9.17) is 27.6 Å². The number of imide groups is 1. The number of likely N-dealkylation sites (tertiary alicyclic amines) is 1. The average Bonchev–Trinajstić information content (AvgIpc) is 3.46. The van der Waals surface area contributed by atoms with Crippen molar-refractivity contribution in [2.75, 3.05) is 0 Å². The van der Waals surface area contributed by atoms with Gasteiger partial charge in [0.05, 0.1) is 24.6 Å². The molecule has 1 fully saturated rings. The molecule has 3 aromatic rings. The molecule has 2 heterocycles. The highest BCUT2D eigenvalue weighted by molar-refractivity contribution is 6.36. The molecule has 0 spiro atoms. The molecule has 2 aromatic carbocycles. The molecule has 3 amide bonds. The van der Waals surface area contributed by atoms with Gasteiger partial charge in [0.25, 0.3) is 0 Å². The highest BCUT2D eigenvalue weighted by Gasteiger charge is 2.73. The summed E-state index contributed by atoms with van der Waals surface area (Å²) in [4.78, 5) is 39.1. The minimum Gasteiger partial charge on any atom is -0.467 e. The molecule has 4 aliphatic rings. The van der Waals surface area contributed by atoms with E-state index in [1.54, 1.807) is 12.1 Å². The maximum atomic E-state index is 13.8. The maximum absolute atomic E-state index is 13.8. The van der Waals surface area contributed by atoms with E-state index in [1.165, 1.54) is 13.2 Å². The second-order valence-corrected chi connectivity index (χ2v) is 10.2. The van der Waals surface area contributed by atoms with Gasteiger partial charge in [0, 0.05) is 0 Å². The van der Waals surface area contributed by atoms with Gasteiger partial charge < -0.3 is 9.73 Å². The molecule has 0 saturated carbocycles. The molecule has 2 bridgehead atoms. The first kappa shape index (κ1) is 21.4. The zero-order valence-electron chi connectivity index (χ0n) is 18.1. The van der Waals surface area contributed by atoms with Gasteiger partial charge in [-0.15, -0.1) is 23.2 Å². The fraction of sp³-hybridized carbons (Fsp3) is 0.269. The smallest absolute Gasteiger partial charge is 0.243 e. The number of halogens is 2. The number of carbonyl (C=O) groups excluding carboxylic acids is 3. The van der Waals surface area contributed by atoms with Crippen molar-refractivity contribution in [3.05, 3.63) is 94.9 Å². The van der Waals surface area contributed by atoms with E-state index < -0.39 is 45.3 Å². The van der Waals surface area contributed by atoms with E-state index in [0.29, 0.717) is 5.76 Å². The first-order chi connectivity index (χ1) is 16.3. The summed E-state index contributed by atoms with van der Waals surface area (Å²) in [6.45, 7) is 1.68. The quantitative estimate of drug-likeness (QED) is 0.440. The highest BCUT2D eigenvalue weighted by Crippen LogP contribution is 2.69. The Kier molecular flexibility index (Phi) is 4.54. The SMILES string of the molecule is C[C@@H](C(=O)NCc1ccco1)N1C(=O)[C@@H]2[C@H](C1=O)C1(Cl)c3ccccc3C2(Cl)c2ccccc21. The molecule has 8 heteroatoms. The summed E-state index contributed by atoms with van der Waals surface area (Å²) in [6, 6.07) is 17.3. The standard InChI is InChI=1S/C26H20Cl2N2O4/c1-14(22(31)29-13-15-7-6-12-34-15)30-23(32)20-21(24(30)33)26(28)17-9-3-2-8-16(17)25(20,27)18-10-4-5-11-19(18)26/h2-12,14,20-21H,13H2,1H3,(H,29,31)/t14-,20-,21+,25?,26?/m0/s1. The number of hydrogen-bond acceptors (Lipinski definition) is 4. The molecule has 0 unspecified atom stereocenters. The lowest BCUT2D eigenvalue weighted by Crippen LogP contribution is -2.57. The predicted octanol–water partition coefficient (Wildman–Crippen LogP) is 3.88. The molecule has 1 aliphatic heterocycles. The third-order valence-corrected chi connectivity index (χ3v) is 8.69. The summed E-state index contributed by atoms with van der Waals surface area (Å²) in [5, 5.41) is 2.73. The Morgan fingerprint density at radius 3 is 1.79 bits per heavy atom. The molecule has 0 radical (unpaired) electrons. The lowest BCUT2D eigenvalue weighted by atomic mass is 9.54. The van der Waals surface area contributed by atoms with Crippen molar-refractivity contribution in [1.29, 1.82) is 0 Å². The largest absolute Gasteiger partial charge is 0.467 e. The molecule has 172 valence electrons. The molecule has 6 nitrogen and oxygen atoms in total. The van der Waals surface area contributed by atoms with Gasteiger partial charge in [-0.25, -0.2) is 0 Å². The Bertz CT molecular complexity index is 1230. The van der Waals surface area contributed by atoms with Crippen molar-refractivity contribution in [2.24, 2.45) is 11.8 Å². The van der Waals surface area contributed by atoms with E-state index in [9.17, 15) is 14.4 Å². The summed E-state index contributed by atoms with van der Waals surface area (Å²) in [5.41, 5.74) is 2.91. The van der Waals surface area contributed by atoms with Crippen LogP contribution < -0.4 is 5.32 Å². The molecule has 3 aliphatic carbocycles. The number of benzene rings is 2. The number of carbonyl (C=O) groups is 3. The number of alkyl halides is 2. The van der Waals surface area contributed by atoms with Gasteiger partial charge in [0.2, 0.25) is 17.7 Å². The van der Waals surface area contributed by atoms with E-state index in [2.05, 4.69) is 5.32 Å². The molecular formula is C26H20Cl2N2O4. The molecule has 1 saturated heterocycles.